The lowest BCUT2D eigenvalue weighted by atomic mass is 10.1. The first-order chi connectivity index (χ1) is 11.7. The summed E-state index contributed by atoms with van der Waals surface area (Å²) in [5.74, 6) is 0.611. The van der Waals surface area contributed by atoms with Crippen molar-refractivity contribution in [1.82, 2.24) is 19.2 Å². The lowest BCUT2D eigenvalue weighted by Crippen LogP contribution is -2.21. The predicted molar refractivity (Wildman–Crippen MR) is 98.8 cm³/mol. The highest BCUT2D eigenvalue weighted by Gasteiger charge is 2.15. The summed E-state index contributed by atoms with van der Waals surface area (Å²) in [6.07, 6.45) is 3.44. The maximum atomic E-state index is 12.6. The Balaban J connectivity index is 2.04. The van der Waals surface area contributed by atoms with E-state index >= 15 is 0 Å². The van der Waals surface area contributed by atoms with Crippen molar-refractivity contribution in [3.63, 3.8) is 0 Å². The molecule has 0 spiro atoms. The van der Waals surface area contributed by atoms with Gasteiger partial charge in [-0.3, -0.25) is 4.79 Å². The molecule has 0 saturated heterocycles. The van der Waals surface area contributed by atoms with E-state index in [9.17, 15) is 4.79 Å². The zero-order valence-corrected chi connectivity index (χ0v) is 14.1. The average molecular weight is 336 g/mol. The second-order valence-electron chi connectivity index (χ2n) is 5.66. The predicted octanol–water partition coefficient (Wildman–Crippen LogP) is 2.95. The van der Waals surface area contributed by atoms with E-state index in [1.165, 1.54) is 0 Å². The standard InChI is InChI=1S/C18H16N4OS/c1-12-16(13-5-3-2-4-6-13)17-19-11-14-15(22(17)20-12)7-8-21(9-10-24)18(14)23/h2-8,11,24H,9-10H2,1H3. The third kappa shape index (κ3) is 2.22. The highest BCUT2D eigenvalue weighted by molar-refractivity contribution is 7.80. The summed E-state index contributed by atoms with van der Waals surface area (Å²) in [5, 5.41) is 5.19. The second kappa shape index (κ2) is 5.79. The molecule has 0 amide bonds. The quantitative estimate of drug-likeness (QED) is 0.585. The number of nitrogens with zero attached hydrogens (tertiary/aromatic N) is 4. The van der Waals surface area contributed by atoms with E-state index < -0.39 is 0 Å². The molecule has 4 aromatic rings. The maximum absolute atomic E-state index is 12.6. The van der Waals surface area contributed by atoms with Gasteiger partial charge in [0, 0.05) is 30.3 Å². The van der Waals surface area contributed by atoms with E-state index in [-0.39, 0.29) is 5.56 Å². The van der Waals surface area contributed by atoms with Gasteiger partial charge < -0.3 is 4.57 Å². The minimum absolute atomic E-state index is 0.0645. The Morgan fingerprint density at radius 3 is 2.71 bits per heavy atom. The third-order valence-corrected chi connectivity index (χ3v) is 4.36. The average Bonchev–Trinajstić information content (AvgIpc) is 2.94. The fourth-order valence-corrected chi connectivity index (χ4v) is 3.26. The SMILES string of the molecule is Cc1nn2c(ncc3c(=O)n(CCS)ccc32)c1-c1ccccc1. The molecule has 0 aliphatic carbocycles. The Kier molecular flexibility index (Phi) is 3.61. The van der Waals surface area contributed by atoms with Crippen LogP contribution in [0.15, 0.2) is 53.6 Å². The summed E-state index contributed by atoms with van der Waals surface area (Å²) in [6.45, 7) is 2.54. The van der Waals surface area contributed by atoms with Crippen molar-refractivity contribution < 1.29 is 0 Å². The van der Waals surface area contributed by atoms with Crippen LogP contribution in [-0.4, -0.2) is 24.9 Å². The number of aromatic nitrogens is 4. The summed E-state index contributed by atoms with van der Waals surface area (Å²) in [7, 11) is 0. The van der Waals surface area contributed by atoms with E-state index in [0.29, 0.717) is 17.7 Å². The smallest absolute Gasteiger partial charge is 0.261 e. The minimum Gasteiger partial charge on any atom is -0.314 e. The Hall–Kier alpha value is -2.60. The number of benzene rings is 1. The number of pyridine rings is 1. The van der Waals surface area contributed by atoms with Gasteiger partial charge in [-0.15, -0.1) is 0 Å². The van der Waals surface area contributed by atoms with Gasteiger partial charge in [0.05, 0.1) is 16.6 Å². The van der Waals surface area contributed by atoms with E-state index in [2.05, 4.69) is 22.7 Å². The van der Waals surface area contributed by atoms with Crippen LogP contribution >= 0.6 is 12.6 Å². The van der Waals surface area contributed by atoms with Gasteiger partial charge in [0.25, 0.3) is 5.56 Å². The monoisotopic (exact) mass is 336 g/mol. The van der Waals surface area contributed by atoms with Crippen molar-refractivity contribution >= 4 is 29.2 Å². The van der Waals surface area contributed by atoms with Crippen LogP contribution in [0.2, 0.25) is 0 Å². The van der Waals surface area contributed by atoms with Gasteiger partial charge in [-0.1, -0.05) is 30.3 Å². The summed E-state index contributed by atoms with van der Waals surface area (Å²) in [4.78, 5) is 17.1. The van der Waals surface area contributed by atoms with Crippen LogP contribution in [0.5, 0.6) is 0 Å². The van der Waals surface area contributed by atoms with Crippen LogP contribution in [-0.2, 0) is 6.54 Å². The van der Waals surface area contributed by atoms with Crippen LogP contribution in [0.25, 0.3) is 27.7 Å². The first kappa shape index (κ1) is 15.0. The lowest BCUT2D eigenvalue weighted by Gasteiger charge is -2.06. The van der Waals surface area contributed by atoms with E-state index in [1.807, 2.05) is 43.3 Å². The molecule has 120 valence electrons. The molecule has 0 aliphatic rings. The molecule has 0 radical (unpaired) electrons. The van der Waals surface area contributed by atoms with Crippen molar-refractivity contribution in [1.29, 1.82) is 0 Å². The molecule has 3 heterocycles. The summed E-state index contributed by atoms with van der Waals surface area (Å²) < 4.78 is 3.41. The fraction of sp³-hybridized carbons (Fsp3) is 0.167. The Morgan fingerprint density at radius 1 is 1.17 bits per heavy atom. The van der Waals surface area contributed by atoms with Crippen molar-refractivity contribution in [3.05, 3.63) is 64.8 Å². The Bertz CT molecular complexity index is 1100. The van der Waals surface area contributed by atoms with Crippen LogP contribution in [0.1, 0.15) is 5.69 Å². The Morgan fingerprint density at radius 2 is 1.96 bits per heavy atom. The first-order valence-electron chi connectivity index (χ1n) is 7.74. The van der Waals surface area contributed by atoms with E-state index in [1.54, 1.807) is 21.5 Å². The van der Waals surface area contributed by atoms with Gasteiger partial charge in [0.1, 0.15) is 0 Å². The molecule has 3 aromatic heterocycles. The molecule has 0 saturated carbocycles. The van der Waals surface area contributed by atoms with Crippen molar-refractivity contribution in [3.8, 4) is 11.1 Å². The number of rotatable bonds is 3. The van der Waals surface area contributed by atoms with Crippen LogP contribution in [0.4, 0.5) is 0 Å². The molecule has 6 heteroatoms. The molecule has 0 unspecified atom stereocenters. The van der Waals surface area contributed by atoms with Gasteiger partial charge in [-0.2, -0.15) is 17.7 Å². The van der Waals surface area contributed by atoms with E-state index in [4.69, 9.17) is 0 Å². The van der Waals surface area contributed by atoms with Crippen LogP contribution in [0.3, 0.4) is 0 Å². The molecule has 1 aromatic carbocycles. The molecule has 0 aliphatic heterocycles. The zero-order valence-electron chi connectivity index (χ0n) is 13.2. The zero-order chi connectivity index (χ0) is 16.7. The van der Waals surface area contributed by atoms with Gasteiger partial charge in [0.2, 0.25) is 0 Å². The highest BCUT2D eigenvalue weighted by atomic mass is 32.1. The lowest BCUT2D eigenvalue weighted by molar-refractivity contribution is 0.742. The van der Waals surface area contributed by atoms with Gasteiger partial charge >= 0.3 is 0 Å². The normalized spacial score (nSPS) is 11.4. The number of fused-ring (bicyclic) bond motifs is 3. The highest BCUT2D eigenvalue weighted by Crippen LogP contribution is 2.28. The maximum Gasteiger partial charge on any atom is 0.261 e. The largest absolute Gasteiger partial charge is 0.314 e. The van der Waals surface area contributed by atoms with Crippen LogP contribution in [0, 0.1) is 6.92 Å². The first-order valence-corrected chi connectivity index (χ1v) is 8.37. The van der Waals surface area contributed by atoms with Gasteiger partial charge in [0.15, 0.2) is 5.65 Å². The fourth-order valence-electron chi connectivity index (χ4n) is 3.04. The van der Waals surface area contributed by atoms with Crippen molar-refractivity contribution in [2.45, 2.75) is 13.5 Å². The topological polar surface area (TPSA) is 52.2 Å². The van der Waals surface area contributed by atoms with Crippen LogP contribution < -0.4 is 5.56 Å². The molecule has 0 N–H and O–H groups in total. The number of hydrogen-bond donors (Lipinski definition) is 1. The van der Waals surface area contributed by atoms with Gasteiger partial charge in [-0.05, 0) is 18.6 Å². The molecule has 0 fully saturated rings. The summed E-state index contributed by atoms with van der Waals surface area (Å²) in [6, 6.07) is 12.0. The molecule has 24 heavy (non-hydrogen) atoms. The van der Waals surface area contributed by atoms with Gasteiger partial charge in [-0.25, -0.2) is 9.50 Å². The minimum atomic E-state index is -0.0645. The molecular formula is C18H16N4OS. The number of hydrogen-bond acceptors (Lipinski definition) is 4. The molecule has 0 atom stereocenters. The Labute approximate surface area is 144 Å². The van der Waals surface area contributed by atoms with E-state index in [0.717, 1.165) is 28.0 Å². The number of thiol groups is 1. The molecule has 0 bridgehead atoms. The van der Waals surface area contributed by atoms with Crippen molar-refractivity contribution in [2.75, 3.05) is 5.75 Å². The molecule has 4 rings (SSSR count). The van der Waals surface area contributed by atoms with Crippen molar-refractivity contribution in [2.24, 2.45) is 0 Å². The second-order valence-corrected chi connectivity index (χ2v) is 6.10. The summed E-state index contributed by atoms with van der Waals surface area (Å²) >= 11 is 4.20. The molecular weight excluding hydrogens is 320 g/mol. The summed E-state index contributed by atoms with van der Waals surface area (Å²) in [5.41, 5.74) is 4.42. The number of aryl methyl sites for hydroxylation is 2. The molecule has 5 nitrogen and oxygen atoms in total. The third-order valence-electron chi connectivity index (χ3n) is 4.16.